The van der Waals surface area contributed by atoms with Gasteiger partial charge in [-0.1, -0.05) is 0 Å². The molecule has 0 unspecified atom stereocenters. The summed E-state index contributed by atoms with van der Waals surface area (Å²) in [5.41, 5.74) is 0. The van der Waals surface area contributed by atoms with Gasteiger partial charge in [0.1, 0.15) is 5.76 Å². The molecule has 0 amide bonds. The summed E-state index contributed by atoms with van der Waals surface area (Å²) in [6.45, 7) is 0. The molecule has 1 aromatic heterocycles. The number of thiol groups is 1. The molecule has 0 aliphatic carbocycles. The van der Waals surface area contributed by atoms with Gasteiger partial charge in [0.15, 0.2) is 0 Å². The maximum Gasteiger partial charge on any atom is 0.449 e. The van der Waals surface area contributed by atoms with E-state index in [1.165, 1.54) is 0 Å². The quantitative estimate of drug-likeness (QED) is 0.615. The Kier molecular flexibility index (Phi) is 3.13. The fourth-order valence-corrected chi connectivity index (χ4v) is 0.906. The van der Waals surface area contributed by atoms with E-state index in [1.54, 1.807) is 0 Å². The fraction of sp³-hybridized carbons (Fsp3) is 0.125. The second-order valence-electron chi connectivity index (χ2n) is 2.53. The van der Waals surface area contributed by atoms with Gasteiger partial charge < -0.3 is 9.52 Å². The second-order valence-corrected chi connectivity index (χ2v) is 3.02. The molecule has 1 rings (SSSR count). The van der Waals surface area contributed by atoms with Crippen LogP contribution in [0.2, 0.25) is 0 Å². The summed E-state index contributed by atoms with van der Waals surface area (Å²) in [7, 11) is 0. The van der Waals surface area contributed by atoms with Crippen LogP contribution < -0.4 is 0 Å². The highest BCUT2D eigenvalue weighted by molar-refractivity contribution is 7.85. The molecule has 0 bridgehead atoms. The van der Waals surface area contributed by atoms with Crippen molar-refractivity contribution < 1.29 is 27.5 Å². The van der Waals surface area contributed by atoms with Crippen LogP contribution in [0.1, 0.15) is 11.5 Å². The maximum absolute atomic E-state index is 12.0. The number of halogens is 3. The van der Waals surface area contributed by atoms with Crippen LogP contribution >= 0.6 is 12.6 Å². The number of alkyl halides is 3. The molecule has 0 radical (unpaired) electrons. The Morgan fingerprint density at radius 1 is 1.47 bits per heavy atom. The van der Waals surface area contributed by atoms with Gasteiger partial charge in [-0.15, -0.1) is 12.6 Å². The van der Waals surface area contributed by atoms with Crippen LogP contribution in [0.3, 0.4) is 0 Å². The number of carboxylic acid groups (broad SMARTS) is 1. The van der Waals surface area contributed by atoms with Crippen molar-refractivity contribution in [1.82, 2.24) is 0 Å². The van der Waals surface area contributed by atoms with Crippen LogP contribution in [0, 0.1) is 0 Å². The Labute approximate surface area is 87.6 Å². The van der Waals surface area contributed by atoms with Crippen LogP contribution in [-0.4, -0.2) is 11.1 Å². The molecule has 0 aliphatic rings. The van der Waals surface area contributed by atoms with Crippen molar-refractivity contribution >= 4 is 24.7 Å². The van der Waals surface area contributed by atoms with Crippen LogP contribution in [0.5, 0.6) is 0 Å². The van der Waals surface area contributed by atoms with Gasteiger partial charge in [0.25, 0.3) is 0 Å². The molecule has 1 heterocycles. The third-order valence-electron chi connectivity index (χ3n) is 1.40. The first kappa shape index (κ1) is 11.7. The summed E-state index contributed by atoms with van der Waals surface area (Å²) in [6, 6.07) is 1.73. The summed E-state index contributed by atoms with van der Waals surface area (Å²) in [5.74, 6) is -2.74. The molecule has 0 aromatic carbocycles. The van der Waals surface area contributed by atoms with Crippen molar-refractivity contribution in [2.45, 2.75) is 6.18 Å². The molecular weight excluding hydrogens is 233 g/mol. The predicted octanol–water partition coefficient (Wildman–Crippen LogP) is 2.65. The molecular formula is C8H5F3O3S. The number of hydrogen-bond acceptors (Lipinski definition) is 3. The average Bonchev–Trinajstić information content (AvgIpc) is 2.51. The second kappa shape index (κ2) is 4.01. The van der Waals surface area contributed by atoms with E-state index in [-0.39, 0.29) is 5.76 Å². The zero-order valence-corrected chi connectivity index (χ0v) is 7.97. The highest BCUT2D eigenvalue weighted by Crippen LogP contribution is 2.31. The predicted molar refractivity (Wildman–Crippen MR) is 48.3 cm³/mol. The number of aliphatic carboxylic acids is 1. The highest BCUT2D eigenvalue weighted by Gasteiger charge is 2.34. The van der Waals surface area contributed by atoms with E-state index in [2.05, 4.69) is 17.0 Å². The summed E-state index contributed by atoms with van der Waals surface area (Å²) in [4.78, 5) is 9.89. The number of rotatable bonds is 2. The highest BCUT2D eigenvalue weighted by atomic mass is 32.1. The van der Waals surface area contributed by atoms with E-state index in [4.69, 9.17) is 5.11 Å². The van der Waals surface area contributed by atoms with E-state index in [1.807, 2.05) is 0 Å². The van der Waals surface area contributed by atoms with E-state index in [9.17, 15) is 18.0 Å². The minimum atomic E-state index is -4.58. The monoisotopic (exact) mass is 238 g/mol. The van der Waals surface area contributed by atoms with Crippen LogP contribution in [0.15, 0.2) is 21.5 Å². The minimum Gasteiger partial charge on any atom is -0.477 e. The molecule has 0 atom stereocenters. The van der Waals surface area contributed by atoms with E-state index in [0.29, 0.717) is 0 Å². The Hall–Kier alpha value is -1.37. The number of furan rings is 1. The largest absolute Gasteiger partial charge is 0.477 e. The van der Waals surface area contributed by atoms with Gasteiger partial charge in [-0.25, -0.2) is 4.79 Å². The third-order valence-corrected chi connectivity index (χ3v) is 1.72. The van der Waals surface area contributed by atoms with Crippen molar-refractivity contribution in [2.24, 2.45) is 0 Å². The van der Waals surface area contributed by atoms with Crippen molar-refractivity contribution in [3.63, 3.8) is 0 Å². The summed E-state index contributed by atoms with van der Waals surface area (Å²) < 4.78 is 40.5. The molecule has 0 aliphatic heterocycles. The molecule has 0 saturated carbocycles. The Morgan fingerprint density at radius 3 is 2.47 bits per heavy atom. The van der Waals surface area contributed by atoms with Gasteiger partial charge >= 0.3 is 12.1 Å². The Balaban J connectivity index is 2.96. The lowest BCUT2D eigenvalue weighted by Gasteiger charge is -1.99. The summed E-state index contributed by atoms with van der Waals surface area (Å²) in [5, 5.41) is 8.40. The smallest absolute Gasteiger partial charge is 0.449 e. The Morgan fingerprint density at radius 2 is 2.07 bits per heavy atom. The van der Waals surface area contributed by atoms with E-state index >= 15 is 0 Å². The van der Waals surface area contributed by atoms with Crippen molar-refractivity contribution in [3.05, 3.63) is 28.6 Å². The van der Waals surface area contributed by atoms with Gasteiger partial charge in [0, 0.05) is 6.08 Å². The molecule has 15 heavy (non-hydrogen) atoms. The van der Waals surface area contributed by atoms with Gasteiger partial charge in [0.2, 0.25) is 5.76 Å². The topological polar surface area (TPSA) is 50.4 Å². The standard InChI is InChI=1S/C8H5F3O3S/c9-8(10,11)6-2-1-4(14-6)3-5(15)7(12)13/h1-3,15H,(H,12,13)/b5-3-. The van der Waals surface area contributed by atoms with Crippen LogP contribution in [0.4, 0.5) is 13.2 Å². The SMILES string of the molecule is O=C(O)/C(S)=C/c1ccc(C(F)(F)F)o1. The molecule has 82 valence electrons. The van der Waals surface area contributed by atoms with E-state index < -0.39 is 22.8 Å². The summed E-state index contributed by atoms with van der Waals surface area (Å²) >= 11 is 3.54. The molecule has 0 saturated heterocycles. The van der Waals surface area contributed by atoms with E-state index in [0.717, 1.165) is 18.2 Å². The zero-order chi connectivity index (χ0) is 11.6. The van der Waals surface area contributed by atoms with Crippen LogP contribution in [-0.2, 0) is 11.0 Å². The first-order valence-corrected chi connectivity index (χ1v) is 4.06. The number of carboxylic acids is 1. The van der Waals surface area contributed by atoms with Gasteiger partial charge in [-0.2, -0.15) is 13.2 Å². The van der Waals surface area contributed by atoms with Crippen molar-refractivity contribution in [3.8, 4) is 0 Å². The zero-order valence-electron chi connectivity index (χ0n) is 7.08. The molecule has 1 aromatic rings. The lowest BCUT2D eigenvalue weighted by Crippen LogP contribution is -2.02. The van der Waals surface area contributed by atoms with Crippen LogP contribution in [0.25, 0.3) is 6.08 Å². The number of carbonyl (C=O) groups is 1. The van der Waals surface area contributed by atoms with Gasteiger partial charge in [-0.3, -0.25) is 0 Å². The lowest BCUT2D eigenvalue weighted by atomic mass is 10.4. The average molecular weight is 238 g/mol. The number of hydrogen-bond donors (Lipinski definition) is 2. The lowest BCUT2D eigenvalue weighted by molar-refractivity contribution is -0.153. The van der Waals surface area contributed by atoms with Crippen molar-refractivity contribution in [2.75, 3.05) is 0 Å². The molecule has 3 nitrogen and oxygen atoms in total. The van der Waals surface area contributed by atoms with Gasteiger partial charge in [-0.05, 0) is 12.1 Å². The van der Waals surface area contributed by atoms with Gasteiger partial charge in [0.05, 0.1) is 4.91 Å². The molecule has 0 fully saturated rings. The first-order valence-electron chi connectivity index (χ1n) is 3.61. The normalized spacial score (nSPS) is 12.9. The first-order chi connectivity index (χ1) is 6.80. The molecule has 1 N–H and O–H groups in total. The fourth-order valence-electron chi connectivity index (χ4n) is 0.779. The Bertz CT molecular complexity index is 406. The third kappa shape index (κ3) is 3.05. The minimum absolute atomic E-state index is 0.213. The van der Waals surface area contributed by atoms with Crippen molar-refractivity contribution in [1.29, 1.82) is 0 Å². The maximum atomic E-state index is 12.0. The molecule has 0 spiro atoms. The molecule has 7 heteroatoms. The summed E-state index contributed by atoms with van der Waals surface area (Å²) in [6.07, 6.45) is -3.69.